The first-order valence-electron chi connectivity index (χ1n) is 5.17. The van der Waals surface area contributed by atoms with E-state index in [0.29, 0.717) is 6.04 Å². The highest BCUT2D eigenvalue weighted by Crippen LogP contribution is 2.23. The van der Waals surface area contributed by atoms with Gasteiger partial charge in [0.2, 0.25) is 0 Å². The maximum absolute atomic E-state index is 9.18. The molecule has 1 aliphatic rings. The third-order valence-electron chi connectivity index (χ3n) is 2.84. The Morgan fingerprint density at radius 1 is 1.60 bits per heavy atom. The van der Waals surface area contributed by atoms with Crippen molar-refractivity contribution in [1.82, 2.24) is 4.90 Å². The van der Waals surface area contributed by atoms with Gasteiger partial charge in [0, 0.05) is 17.5 Å². The fourth-order valence-corrected chi connectivity index (χ4v) is 2.86. The van der Waals surface area contributed by atoms with E-state index in [2.05, 4.69) is 11.0 Å². The Balaban J connectivity index is 1.99. The van der Waals surface area contributed by atoms with Crippen LogP contribution >= 0.6 is 11.3 Å². The molecule has 1 fully saturated rings. The summed E-state index contributed by atoms with van der Waals surface area (Å²) in [7, 11) is 0. The lowest BCUT2D eigenvalue weighted by molar-refractivity contribution is 0.154. The molecular weight excluding hydrogens is 208 g/mol. The third-order valence-corrected chi connectivity index (χ3v) is 3.82. The van der Waals surface area contributed by atoms with Crippen molar-refractivity contribution in [2.45, 2.75) is 25.4 Å². The van der Waals surface area contributed by atoms with Crippen LogP contribution < -0.4 is 0 Å². The lowest BCUT2D eigenvalue weighted by atomic mass is 10.2. The molecule has 0 radical (unpaired) electrons. The normalized spacial score (nSPS) is 21.7. The molecule has 0 amide bonds. The van der Waals surface area contributed by atoms with Gasteiger partial charge in [0.25, 0.3) is 0 Å². The van der Waals surface area contributed by atoms with Crippen LogP contribution in [0.4, 0.5) is 0 Å². The van der Waals surface area contributed by atoms with E-state index in [4.69, 9.17) is 5.26 Å². The van der Waals surface area contributed by atoms with Crippen LogP contribution in [0.25, 0.3) is 0 Å². The Morgan fingerprint density at radius 3 is 3.13 bits per heavy atom. The van der Waals surface area contributed by atoms with E-state index >= 15 is 0 Å². The van der Waals surface area contributed by atoms with Crippen LogP contribution in [0.5, 0.6) is 0 Å². The topological polar surface area (TPSA) is 47.3 Å². The Hall–Kier alpha value is -0.890. The van der Waals surface area contributed by atoms with E-state index in [1.807, 2.05) is 12.1 Å². The number of hydrogen-bond donors (Lipinski definition) is 1. The number of likely N-dealkylation sites (tertiary alicyclic amines) is 1. The third kappa shape index (κ3) is 2.37. The van der Waals surface area contributed by atoms with Crippen molar-refractivity contribution >= 4 is 11.3 Å². The van der Waals surface area contributed by atoms with E-state index in [0.717, 1.165) is 24.4 Å². The van der Waals surface area contributed by atoms with Crippen LogP contribution in [0.1, 0.15) is 22.6 Å². The number of rotatable bonds is 3. The molecule has 0 spiro atoms. The van der Waals surface area contributed by atoms with E-state index < -0.39 is 0 Å². The Kier molecular flexibility index (Phi) is 3.37. The van der Waals surface area contributed by atoms with E-state index in [1.165, 1.54) is 11.3 Å². The van der Waals surface area contributed by atoms with Crippen LogP contribution in [-0.4, -0.2) is 29.2 Å². The number of nitrogens with zero attached hydrogens (tertiary/aromatic N) is 2. The number of aliphatic hydroxyl groups excluding tert-OH is 1. The molecule has 80 valence electrons. The van der Waals surface area contributed by atoms with E-state index in [1.54, 1.807) is 11.3 Å². The molecule has 0 bridgehead atoms. The maximum Gasteiger partial charge on any atom is 0.110 e. The largest absolute Gasteiger partial charge is 0.395 e. The SMILES string of the molecule is N#Cc1ccc(CN2CCC[C@H]2CO)s1. The van der Waals surface area contributed by atoms with Crippen LogP contribution in [0.2, 0.25) is 0 Å². The fourth-order valence-electron chi connectivity index (χ4n) is 2.03. The minimum Gasteiger partial charge on any atom is -0.395 e. The molecule has 0 saturated carbocycles. The molecule has 1 aliphatic heterocycles. The van der Waals surface area contributed by atoms with Crippen molar-refractivity contribution in [3.8, 4) is 6.07 Å². The molecule has 3 nitrogen and oxygen atoms in total. The van der Waals surface area contributed by atoms with Gasteiger partial charge in [-0.25, -0.2) is 0 Å². The molecule has 1 aromatic rings. The van der Waals surface area contributed by atoms with Crippen LogP contribution in [0.15, 0.2) is 12.1 Å². The molecule has 2 heterocycles. The molecule has 1 aromatic heterocycles. The molecule has 15 heavy (non-hydrogen) atoms. The minimum atomic E-state index is 0.247. The summed E-state index contributed by atoms with van der Waals surface area (Å²) in [6.45, 7) is 2.18. The van der Waals surface area contributed by atoms with Gasteiger partial charge in [-0.2, -0.15) is 5.26 Å². The molecule has 1 atom stereocenters. The monoisotopic (exact) mass is 222 g/mol. The fraction of sp³-hybridized carbons (Fsp3) is 0.545. The van der Waals surface area contributed by atoms with Crippen molar-refractivity contribution in [3.05, 3.63) is 21.9 Å². The molecule has 2 rings (SSSR count). The van der Waals surface area contributed by atoms with Gasteiger partial charge in [-0.1, -0.05) is 0 Å². The molecule has 0 unspecified atom stereocenters. The minimum absolute atomic E-state index is 0.247. The van der Waals surface area contributed by atoms with E-state index in [-0.39, 0.29) is 6.61 Å². The van der Waals surface area contributed by atoms with Gasteiger partial charge in [-0.05, 0) is 31.5 Å². The Labute approximate surface area is 93.6 Å². The number of nitriles is 1. The summed E-state index contributed by atoms with van der Waals surface area (Å²) in [6, 6.07) is 6.34. The zero-order chi connectivity index (χ0) is 10.7. The first kappa shape index (κ1) is 10.6. The maximum atomic E-state index is 9.18. The highest BCUT2D eigenvalue weighted by Gasteiger charge is 2.23. The number of aliphatic hydroxyl groups is 1. The van der Waals surface area contributed by atoms with Crippen molar-refractivity contribution in [2.24, 2.45) is 0 Å². The Bertz CT molecular complexity index is 369. The first-order valence-corrected chi connectivity index (χ1v) is 5.99. The van der Waals surface area contributed by atoms with Crippen LogP contribution in [0.3, 0.4) is 0 Å². The van der Waals surface area contributed by atoms with Crippen molar-refractivity contribution in [3.63, 3.8) is 0 Å². The predicted molar refractivity (Wildman–Crippen MR) is 59.6 cm³/mol. The van der Waals surface area contributed by atoms with Gasteiger partial charge < -0.3 is 5.11 Å². The van der Waals surface area contributed by atoms with Crippen LogP contribution in [-0.2, 0) is 6.54 Å². The van der Waals surface area contributed by atoms with Crippen LogP contribution in [0, 0.1) is 11.3 Å². The standard InChI is InChI=1S/C11H14N2OS/c12-6-10-3-4-11(15-10)7-13-5-1-2-9(13)8-14/h3-4,9,14H,1-2,5,7-8H2/t9-/m0/s1. The summed E-state index contributed by atoms with van der Waals surface area (Å²) in [5, 5.41) is 17.9. The molecule has 0 aromatic carbocycles. The number of hydrogen-bond acceptors (Lipinski definition) is 4. The lowest BCUT2D eigenvalue weighted by Crippen LogP contribution is -2.31. The van der Waals surface area contributed by atoms with Crippen molar-refractivity contribution < 1.29 is 5.11 Å². The second-order valence-electron chi connectivity index (χ2n) is 3.83. The summed E-state index contributed by atoms with van der Waals surface area (Å²) in [4.78, 5) is 4.28. The van der Waals surface area contributed by atoms with Gasteiger partial charge in [-0.3, -0.25) is 4.90 Å². The molecular formula is C11H14N2OS. The average Bonchev–Trinajstić information content (AvgIpc) is 2.87. The zero-order valence-electron chi connectivity index (χ0n) is 8.52. The zero-order valence-corrected chi connectivity index (χ0v) is 9.33. The average molecular weight is 222 g/mol. The van der Waals surface area contributed by atoms with Gasteiger partial charge in [0.1, 0.15) is 10.9 Å². The smallest absolute Gasteiger partial charge is 0.110 e. The van der Waals surface area contributed by atoms with E-state index in [9.17, 15) is 5.11 Å². The molecule has 1 N–H and O–H groups in total. The molecule has 1 saturated heterocycles. The van der Waals surface area contributed by atoms with Gasteiger partial charge >= 0.3 is 0 Å². The predicted octanol–water partition coefficient (Wildman–Crippen LogP) is 1.58. The second-order valence-corrected chi connectivity index (χ2v) is 5.00. The summed E-state index contributed by atoms with van der Waals surface area (Å²) < 4.78 is 0. The Morgan fingerprint density at radius 2 is 2.47 bits per heavy atom. The first-order chi connectivity index (χ1) is 7.33. The van der Waals surface area contributed by atoms with Crippen molar-refractivity contribution in [1.29, 1.82) is 5.26 Å². The van der Waals surface area contributed by atoms with Crippen molar-refractivity contribution in [2.75, 3.05) is 13.2 Å². The summed E-state index contributed by atoms with van der Waals surface area (Å²) in [6.07, 6.45) is 2.26. The summed E-state index contributed by atoms with van der Waals surface area (Å²) in [5.74, 6) is 0. The highest BCUT2D eigenvalue weighted by atomic mass is 32.1. The summed E-state index contributed by atoms with van der Waals surface area (Å²) >= 11 is 1.55. The highest BCUT2D eigenvalue weighted by molar-refractivity contribution is 7.12. The molecule has 4 heteroatoms. The number of thiophene rings is 1. The lowest BCUT2D eigenvalue weighted by Gasteiger charge is -2.21. The summed E-state index contributed by atoms with van der Waals surface area (Å²) in [5.41, 5.74) is 0. The quantitative estimate of drug-likeness (QED) is 0.844. The van der Waals surface area contributed by atoms with Gasteiger partial charge in [-0.15, -0.1) is 11.3 Å². The van der Waals surface area contributed by atoms with Gasteiger partial charge in [0.15, 0.2) is 0 Å². The molecule has 0 aliphatic carbocycles. The van der Waals surface area contributed by atoms with Gasteiger partial charge in [0.05, 0.1) is 6.61 Å². The second kappa shape index (κ2) is 4.75.